The number of nitrogens with zero attached hydrogens (tertiary/aromatic N) is 3. The molecule has 8 nitrogen and oxygen atoms in total. The minimum absolute atomic E-state index is 0.0551. The number of para-hydroxylation sites is 2. The lowest BCUT2D eigenvalue weighted by Crippen LogP contribution is -2.49. The molecule has 2 aromatic carbocycles. The highest BCUT2D eigenvalue weighted by Crippen LogP contribution is 2.29. The number of hydrogen-bond donors (Lipinski definition) is 2. The Morgan fingerprint density at radius 1 is 1.14 bits per heavy atom. The average molecular weight is 478 g/mol. The van der Waals surface area contributed by atoms with Crippen LogP contribution in [0.4, 0.5) is 15.8 Å². The lowest BCUT2D eigenvalue weighted by atomic mass is 9.99. The minimum Gasteiger partial charge on any atom is -0.495 e. The highest BCUT2D eigenvalue weighted by molar-refractivity contribution is 5.95. The third kappa shape index (κ3) is 4.58. The van der Waals surface area contributed by atoms with Crippen LogP contribution < -0.4 is 20.5 Å². The van der Waals surface area contributed by atoms with Gasteiger partial charge in [0.1, 0.15) is 11.6 Å². The Hall–Kier alpha value is -3.88. The number of ether oxygens (including phenoxy) is 1. The number of fused-ring (bicyclic) bond motifs is 1. The zero-order valence-electron chi connectivity index (χ0n) is 19.6. The molecule has 0 spiro atoms. The van der Waals surface area contributed by atoms with Crippen LogP contribution in [0.2, 0.25) is 0 Å². The van der Waals surface area contributed by atoms with Gasteiger partial charge in [-0.15, -0.1) is 0 Å². The van der Waals surface area contributed by atoms with E-state index in [2.05, 4.69) is 20.4 Å². The van der Waals surface area contributed by atoms with Gasteiger partial charge in [0.25, 0.3) is 11.5 Å². The summed E-state index contributed by atoms with van der Waals surface area (Å²) in [6.07, 6.45) is 1.97. The molecule has 0 bridgehead atoms. The molecule has 1 aromatic heterocycles. The molecule has 182 valence electrons. The van der Waals surface area contributed by atoms with Gasteiger partial charge in [-0.2, -0.15) is 5.10 Å². The number of piperazine rings is 1. The van der Waals surface area contributed by atoms with E-state index >= 15 is 0 Å². The Morgan fingerprint density at radius 3 is 2.74 bits per heavy atom. The number of methoxy groups -OCH3 is 1. The molecule has 9 heteroatoms. The molecule has 5 rings (SSSR count). The monoisotopic (exact) mass is 477 g/mol. The van der Waals surface area contributed by atoms with E-state index in [1.54, 1.807) is 24.1 Å². The summed E-state index contributed by atoms with van der Waals surface area (Å²) in [7, 11) is 1.64. The molecule has 35 heavy (non-hydrogen) atoms. The van der Waals surface area contributed by atoms with Crippen molar-refractivity contribution in [2.75, 3.05) is 50.1 Å². The molecule has 1 fully saturated rings. The Kier molecular flexibility index (Phi) is 6.39. The van der Waals surface area contributed by atoms with E-state index in [0.717, 1.165) is 35.7 Å². The number of amides is 1. The smallest absolute Gasteiger partial charge is 0.269 e. The lowest BCUT2D eigenvalue weighted by Gasteiger charge is -2.36. The molecule has 1 saturated heterocycles. The van der Waals surface area contributed by atoms with Crippen molar-refractivity contribution >= 4 is 17.3 Å². The van der Waals surface area contributed by atoms with Gasteiger partial charge in [-0.05, 0) is 42.7 Å². The molecular formula is C26H28FN5O3. The first-order chi connectivity index (χ1) is 17.0. The second kappa shape index (κ2) is 9.77. The Bertz CT molecular complexity index is 1300. The molecule has 1 amide bonds. The molecule has 0 unspecified atom stereocenters. The largest absolute Gasteiger partial charge is 0.495 e. The van der Waals surface area contributed by atoms with Gasteiger partial charge in [-0.1, -0.05) is 18.2 Å². The highest BCUT2D eigenvalue weighted by Gasteiger charge is 2.26. The van der Waals surface area contributed by atoms with Crippen molar-refractivity contribution in [3.8, 4) is 5.75 Å². The van der Waals surface area contributed by atoms with Crippen molar-refractivity contribution in [2.45, 2.75) is 19.3 Å². The van der Waals surface area contributed by atoms with Gasteiger partial charge in [0.2, 0.25) is 0 Å². The van der Waals surface area contributed by atoms with E-state index in [0.29, 0.717) is 50.3 Å². The number of halogens is 1. The van der Waals surface area contributed by atoms with E-state index in [-0.39, 0.29) is 17.0 Å². The number of benzene rings is 2. The van der Waals surface area contributed by atoms with Gasteiger partial charge in [0.05, 0.1) is 29.7 Å². The van der Waals surface area contributed by atoms with Crippen LogP contribution >= 0.6 is 0 Å². The Morgan fingerprint density at radius 2 is 1.94 bits per heavy atom. The summed E-state index contributed by atoms with van der Waals surface area (Å²) < 4.78 is 20.2. The number of carbonyl (C=O) groups is 1. The maximum absolute atomic E-state index is 14.7. The summed E-state index contributed by atoms with van der Waals surface area (Å²) in [6, 6.07) is 12.4. The summed E-state index contributed by atoms with van der Waals surface area (Å²) in [5, 5.41) is 10.1. The first kappa shape index (κ1) is 22.9. The SMILES string of the molecule is COc1ccccc1N1CCN(C(=O)c2cc(Cc3n[nH]c(=O)c4c3NCCC4)ccc2F)CC1. The van der Waals surface area contributed by atoms with Crippen LogP contribution in [0.3, 0.4) is 0 Å². The summed E-state index contributed by atoms with van der Waals surface area (Å²) in [4.78, 5) is 29.2. The fourth-order valence-corrected chi connectivity index (χ4v) is 4.83. The van der Waals surface area contributed by atoms with Crippen LogP contribution in [0.15, 0.2) is 47.3 Å². The normalized spacial score (nSPS) is 15.4. The van der Waals surface area contributed by atoms with Crippen molar-refractivity contribution in [2.24, 2.45) is 0 Å². The molecule has 0 radical (unpaired) electrons. The minimum atomic E-state index is -0.541. The van der Waals surface area contributed by atoms with E-state index in [9.17, 15) is 14.0 Å². The molecule has 0 saturated carbocycles. The summed E-state index contributed by atoms with van der Waals surface area (Å²) in [5.41, 5.74) is 3.77. The summed E-state index contributed by atoms with van der Waals surface area (Å²) >= 11 is 0. The van der Waals surface area contributed by atoms with Crippen molar-refractivity contribution in [3.63, 3.8) is 0 Å². The number of nitrogens with one attached hydrogen (secondary N) is 2. The molecule has 3 aromatic rings. The van der Waals surface area contributed by atoms with Crippen molar-refractivity contribution < 1.29 is 13.9 Å². The molecule has 0 aliphatic carbocycles. The predicted molar refractivity (Wildman–Crippen MR) is 132 cm³/mol. The number of H-pyrrole nitrogens is 1. The zero-order chi connectivity index (χ0) is 24.4. The first-order valence-electron chi connectivity index (χ1n) is 11.8. The van der Waals surface area contributed by atoms with E-state index in [1.165, 1.54) is 6.07 Å². The second-order valence-corrected chi connectivity index (χ2v) is 8.83. The number of rotatable bonds is 5. The number of anilines is 2. The van der Waals surface area contributed by atoms with Gasteiger partial charge in [-0.25, -0.2) is 9.49 Å². The third-order valence-corrected chi connectivity index (χ3v) is 6.69. The van der Waals surface area contributed by atoms with Crippen molar-refractivity contribution in [1.82, 2.24) is 15.1 Å². The van der Waals surface area contributed by atoms with Crippen LogP contribution in [0, 0.1) is 5.82 Å². The van der Waals surface area contributed by atoms with Gasteiger partial charge in [-0.3, -0.25) is 9.59 Å². The summed E-state index contributed by atoms with van der Waals surface area (Å²) in [5.74, 6) is -0.0716. The highest BCUT2D eigenvalue weighted by atomic mass is 19.1. The summed E-state index contributed by atoms with van der Waals surface area (Å²) in [6.45, 7) is 3.01. The standard InChI is InChI=1S/C26H28FN5O3/c1-35-23-7-3-2-6-22(23)31-11-13-32(14-12-31)26(34)19-15-17(8-9-20(19)27)16-21-24-18(5-4-10-28-24)25(33)30-29-21/h2-3,6-9,15,28H,4-5,10-14,16H2,1H3,(H,30,33). The fraction of sp³-hybridized carbons (Fsp3) is 0.346. The second-order valence-electron chi connectivity index (χ2n) is 8.83. The van der Waals surface area contributed by atoms with Gasteiger partial charge in [0, 0.05) is 44.7 Å². The topological polar surface area (TPSA) is 90.6 Å². The fourth-order valence-electron chi connectivity index (χ4n) is 4.83. The molecular weight excluding hydrogens is 449 g/mol. The van der Waals surface area contributed by atoms with Crippen LogP contribution in [-0.2, 0) is 12.8 Å². The third-order valence-electron chi connectivity index (χ3n) is 6.69. The predicted octanol–water partition coefficient (Wildman–Crippen LogP) is 2.83. The molecule has 2 aliphatic rings. The van der Waals surface area contributed by atoms with Crippen LogP contribution in [0.1, 0.15) is 33.6 Å². The maximum atomic E-state index is 14.7. The molecule has 2 N–H and O–H groups in total. The van der Waals surface area contributed by atoms with Crippen molar-refractivity contribution in [1.29, 1.82) is 0 Å². The van der Waals surface area contributed by atoms with Gasteiger partial charge >= 0.3 is 0 Å². The van der Waals surface area contributed by atoms with Crippen LogP contribution in [-0.4, -0.2) is 60.8 Å². The number of carbonyl (C=O) groups excluding carboxylic acids is 1. The maximum Gasteiger partial charge on any atom is 0.269 e. The molecule has 2 aliphatic heterocycles. The quantitative estimate of drug-likeness (QED) is 0.587. The molecule has 0 atom stereocenters. The van der Waals surface area contributed by atoms with E-state index < -0.39 is 5.82 Å². The Labute approximate surface area is 202 Å². The van der Waals surface area contributed by atoms with Gasteiger partial charge < -0.3 is 19.9 Å². The van der Waals surface area contributed by atoms with Crippen LogP contribution in [0.5, 0.6) is 5.75 Å². The van der Waals surface area contributed by atoms with E-state index in [4.69, 9.17) is 4.74 Å². The van der Waals surface area contributed by atoms with E-state index in [1.807, 2.05) is 24.3 Å². The number of aromatic nitrogens is 2. The first-order valence-corrected chi connectivity index (χ1v) is 11.8. The lowest BCUT2D eigenvalue weighted by molar-refractivity contribution is 0.0742. The van der Waals surface area contributed by atoms with Crippen molar-refractivity contribution in [3.05, 3.63) is 81.0 Å². The van der Waals surface area contributed by atoms with Gasteiger partial charge in [0.15, 0.2) is 0 Å². The average Bonchev–Trinajstić information content (AvgIpc) is 2.91. The number of aromatic amines is 1. The zero-order valence-corrected chi connectivity index (χ0v) is 19.6. The Balaban J connectivity index is 1.32. The molecule has 3 heterocycles. The van der Waals surface area contributed by atoms with Crippen LogP contribution in [0.25, 0.3) is 0 Å². The number of hydrogen-bond acceptors (Lipinski definition) is 6.